The molecule has 2 N–H and O–H groups in total. The molecule has 3 rings (SSSR count). The van der Waals surface area contributed by atoms with Crippen molar-refractivity contribution in [3.8, 4) is 6.07 Å². The number of nitrogens with zero attached hydrogens (tertiary/aromatic N) is 2. The highest BCUT2D eigenvalue weighted by atomic mass is 35.5. The molecule has 0 amide bonds. The van der Waals surface area contributed by atoms with Crippen LogP contribution in [-0.4, -0.2) is 4.57 Å². The van der Waals surface area contributed by atoms with Gasteiger partial charge in [-0.3, -0.25) is 0 Å². The Hall–Kier alpha value is -1.66. The van der Waals surface area contributed by atoms with E-state index in [1.807, 2.05) is 24.4 Å². The third kappa shape index (κ3) is 2.09. The molecule has 0 bridgehead atoms. The zero-order chi connectivity index (χ0) is 11.1. The maximum atomic E-state index is 9.09. The number of fused-ring (bicyclic) bond motifs is 1. The molecule has 1 aliphatic carbocycles. The molecule has 17 heavy (non-hydrogen) atoms. The molecule has 1 saturated carbocycles. The van der Waals surface area contributed by atoms with Crippen LogP contribution >= 0.6 is 12.4 Å². The van der Waals surface area contributed by atoms with Gasteiger partial charge in [0.2, 0.25) is 0 Å². The second-order valence-electron chi connectivity index (χ2n) is 4.53. The van der Waals surface area contributed by atoms with E-state index >= 15 is 0 Å². The summed E-state index contributed by atoms with van der Waals surface area (Å²) in [5.74, 6) is 0.805. The minimum atomic E-state index is 0. The Morgan fingerprint density at radius 3 is 2.82 bits per heavy atom. The zero-order valence-electron chi connectivity index (χ0n) is 9.39. The lowest BCUT2D eigenvalue weighted by Gasteiger charge is -2.03. The molecule has 1 aromatic heterocycles. The first-order chi connectivity index (χ1) is 7.78. The van der Waals surface area contributed by atoms with Crippen LogP contribution in [0.1, 0.15) is 18.4 Å². The van der Waals surface area contributed by atoms with E-state index in [1.165, 1.54) is 12.8 Å². The summed E-state index contributed by atoms with van der Waals surface area (Å²) in [5, 5.41) is 10.1. The monoisotopic (exact) mass is 247 g/mol. The summed E-state index contributed by atoms with van der Waals surface area (Å²) < 4.78 is 2.19. The molecule has 0 spiro atoms. The second kappa shape index (κ2) is 4.31. The number of hydrogen-bond donors (Lipinski definition) is 1. The van der Waals surface area contributed by atoms with Crippen LogP contribution in [0.4, 0.5) is 5.69 Å². The average Bonchev–Trinajstić information content (AvgIpc) is 3.01. The topological polar surface area (TPSA) is 54.7 Å². The molecule has 4 heteroatoms. The van der Waals surface area contributed by atoms with Gasteiger partial charge in [-0.25, -0.2) is 0 Å². The highest BCUT2D eigenvalue weighted by molar-refractivity contribution is 5.88. The van der Waals surface area contributed by atoms with Gasteiger partial charge >= 0.3 is 0 Å². The van der Waals surface area contributed by atoms with Crippen LogP contribution in [0.25, 0.3) is 10.9 Å². The average molecular weight is 248 g/mol. The molecule has 1 heterocycles. The zero-order valence-corrected chi connectivity index (χ0v) is 10.2. The van der Waals surface area contributed by atoms with E-state index in [2.05, 4.69) is 10.6 Å². The molecule has 1 fully saturated rings. The van der Waals surface area contributed by atoms with Gasteiger partial charge in [0.1, 0.15) is 6.07 Å². The van der Waals surface area contributed by atoms with Crippen molar-refractivity contribution in [3.63, 3.8) is 0 Å². The minimum absolute atomic E-state index is 0. The van der Waals surface area contributed by atoms with Gasteiger partial charge in [-0.05, 0) is 37.0 Å². The van der Waals surface area contributed by atoms with Crippen molar-refractivity contribution in [1.29, 1.82) is 5.26 Å². The molecular weight excluding hydrogens is 234 g/mol. The van der Waals surface area contributed by atoms with Gasteiger partial charge in [0.15, 0.2) is 0 Å². The van der Waals surface area contributed by atoms with E-state index in [1.54, 1.807) is 0 Å². The Morgan fingerprint density at radius 1 is 1.41 bits per heavy atom. The fourth-order valence-electron chi connectivity index (χ4n) is 2.13. The molecule has 3 nitrogen and oxygen atoms in total. The fourth-order valence-corrected chi connectivity index (χ4v) is 2.13. The Labute approximate surface area is 106 Å². The number of rotatable bonds is 2. The third-order valence-corrected chi connectivity index (χ3v) is 3.18. The van der Waals surface area contributed by atoms with E-state index < -0.39 is 0 Å². The first kappa shape index (κ1) is 11.8. The van der Waals surface area contributed by atoms with Crippen LogP contribution < -0.4 is 5.73 Å². The molecule has 0 unspecified atom stereocenters. The lowest BCUT2D eigenvalue weighted by molar-refractivity contribution is 0.647. The second-order valence-corrected chi connectivity index (χ2v) is 4.53. The van der Waals surface area contributed by atoms with Gasteiger partial charge in [0.25, 0.3) is 0 Å². The molecule has 0 saturated heterocycles. The van der Waals surface area contributed by atoms with Crippen LogP contribution in [0, 0.1) is 17.2 Å². The molecule has 0 atom stereocenters. The molecule has 88 valence electrons. The highest BCUT2D eigenvalue weighted by Gasteiger charge is 2.22. The Bertz CT molecular complexity index is 590. The maximum Gasteiger partial charge on any atom is 0.101 e. The Morgan fingerprint density at radius 2 is 2.18 bits per heavy atom. The summed E-state index contributed by atoms with van der Waals surface area (Å²) in [6, 6.07) is 8.02. The van der Waals surface area contributed by atoms with Crippen LogP contribution in [-0.2, 0) is 6.54 Å². The summed E-state index contributed by atoms with van der Waals surface area (Å²) in [6.45, 7) is 1.03. The van der Waals surface area contributed by atoms with Gasteiger partial charge < -0.3 is 10.3 Å². The molecule has 0 radical (unpaired) electrons. The smallest absolute Gasteiger partial charge is 0.101 e. The number of nitrogens with two attached hydrogens (primary N) is 1. The highest BCUT2D eigenvalue weighted by Crippen LogP contribution is 2.33. The van der Waals surface area contributed by atoms with Gasteiger partial charge in [0.05, 0.1) is 5.56 Å². The van der Waals surface area contributed by atoms with E-state index in [0.717, 1.165) is 28.9 Å². The summed E-state index contributed by atoms with van der Waals surface area (Å²) >= 11 is 0. The van der Waals surface area contributed by atoms with Gasteiger partial charge in [0, 0.05) is 29.3 Å². The molecule has 0 aliphatic heterocycles. The van der Waals surface area contributed by atoms with Crippen LogP contribution in [0.15, 0.2) is 24.4 Å². The molecule has 1 aliphatic rings. The fraction of sp³-hybridized carbons (Fsp3) is 0.308. The molecular formula is C13H14ClN3. The van der Waals surface area contributed by atoms with E-state index in [9.17, 15) is 0 Å². The van der Waals surface area contributed by atoms with Crippen LogP contribution in [0.2, 0.25) is 0 Å². The summed E-state index contributed by atoms with van der Waals surface area (Å²) in [5.41, 5.74) is 8.32. The predicted octanol–water partition coefficient (Wildman–Crippen LogP) is 2.93. The molecule has 2 aromatic rings. The normalized spacial score (nSPS) is 14.3. The number of aromatic nitrogens is 1. The SMILES string of the molecule is Cl.N#Cc1cn(CC2CC2)c2ccc(N)cc12. The van der Waals surface area contributed by atoms with Crippen molar-refractivity contribution in [2.24, 2.45) is 5.92 Å². The Balaban J connectivity index is 0.00000108. The summed E-state index contributed by atoms with van der Waals surface area (Å²) in [7, 11) is 0. The summed E-state index contributed by atoms with van der Waals surface area (Å²) in [4.78, 5) is 0. The van der Waals surface area contributed by atoms with Gasteiger partial charge in [-0.2, -0.15) is 5.26 Å². The first-order valence-corrected chi connectivity index (χ1v) is 5.56. The third-order valence-electron chi connectivity index (χ3n) is 3.18. The summed E-state index contributed by atoms with van der Waals surface area (Å²) in [6.07, 6.45) is 4.58. The van der Waals surface area contributed by atoms with Gasteiger partial charge in [-0.1, -0.05) is 0 Å². The quantitative estimate of drug-likeness (QED) is 0.830. The number of hydrogen-bond acceptors (Lipinski definition) is 2. The van der Waals surface area contributed by atoms with Crippen molar-refractivity contribution in [2.75, 3.05) is 5.73 Å². The number of benzene rings is 1. The number of nitrogen functional groups attached to an aromatic ring is 1. The lowest BCUT2D eigenvalue weighted by Crippen LogP contribution is -1.97. The number of halogens is 1. The van der Waals surface area contributed by atoms with Crippen LogP contribution in [0.5, 0.6) is 0 Å². The molecule has 1 aromatic carbocycles. The van der Waals surface area contributed by atoms with E-state index in [4.69, 9.17) is 11.0 Å². The van der Waals surface area contributed by atoms with Crippen molar-refractivity contribution < 1.29 is 0 Å². The van der Waals surface area contributed by atoms with Crippen molar-refractivity contribution in [2.45, 2.75) is 19.4 Å². The predicted molar refractivity (Wildman–Crippen MR) is 71.0 cm³/mol. The first-order valence-electron chi connectivity index (χ1n) is 5.56. The largest absolute Gasteiger partial charge is 0.399 e. The van der Waals surface area contributed by atoms with Crippen LogP contribution in [0.3, 0.4) is 0 Å². The van der Waals surface area contributed by atoms with Crippen molar-refractivity contribution in [3.05, 3.63) is 30.0 Å². The van der Waals surface area contributed by atoms with E-state index in [0.29, 0.717) is 5.69 Å². The standard InChI is InChI=1S/C13H13N3.ClH/c14-6-10-8-16(7-9-1-2-9)13-4-3-11(15)5-12(10)13;/h3-5,8-9H,1-2,7,15H2;1H. The Kier molecular flexibility index (Phi) is 2.99. The maximum absolute atomic E-state index is 9.09. The van der Waals surface area contributed by atoms with Gasteiger partial charge in [-0.15, -0.1) is 12.4 Å². The minimum Gasteiger partial charge on any atom is -0.399 e. The lowest BCUT2D eigenvalue weighted by atomic mass is 10.2. The van der Waals surface area contributed by atoms with Crippen molar-refractivity contribution >= 4 is 29.0 Å². The number of anilines is 1. The van der Waals surface area contributed by atoms with E-state index in [-0.39, 0.29) is 12.4 Å². The number of nitriles is 1. The van der Waals surface area contributed by atoms with Crippen molar-refractivity contribution in [1.82, 2.24) is 4.57 Å².